The minimum absolute atomic E-state index is 0.305. The van der Waals surface area contributed by atoms with Crippen molar-refractivity contribution < 1.29 is 14.2 Å². The van der Waals surface area contributed by atoms with Crippen molar-refractivity contribution in [2.45, 2.75) is 32.4 Å². The van der Waals surface area contributed by atoms with Gasteiger partial charge in [0.05, 0.1) is 31.5 Å². The predicted molar refractivity (Wildman–Crippen MR) is 120 cm³/mol. The molecule has 0 radical (unpaired) electrons. The van der Waals surface area contributed by atoms with Crippen LogP contribution in [-0.2, 0) is 11.3 Å². The minimum atomic E-state index is 0.305. The standard InChI is InChI=1S/C25H30N2O3/c1-17-7-8-18-13-20(15-27-11-5-6-21(16-27)28-2)25(26-22(18)12-17)19-9-10-23(29-3)24(14-19)30-4/h7-10,12-14,21H,5-6,11,15-16H2,1-4H3. The number of aromatic nitrogens is 1. The molecule has 1 unspecified atom stereocenters. The Hall–Kier alpha value is -2.63. The third-order valence-corrected chi connectivity index (χ3v) is 5.90. The molecule has 3 aromatic rings. The molecule has 0 spiro atoms. The Balaban J connectivity index is 1.79. The van der Waals surface area contributed by atoms with Crippen LogP contribution in [0.3, 0.4) is 0 Å². The van der Waals surface area contributed by atoms with Crippen molar-refractivity contribution in [1.29, 1.82) is 0 Å². The fourth-order valence-corrected chi connectivity index (χ4v) is 4.26. The molecule has 4 rings (SSSR count). The van der Waals surface area contributed by atoms with E-state index < -0.39 is 0 Å². The van der Waals surface area contributed by atoms with E-state index in [1.165, 1.54) is 16.5 Å². The SMILES string of the molecule is COc1ccc(-c2nc3cc(C)ccc3cc2CN2CCCC(OC)C2)cc1OC. The van der Waals surface area contributed by atoms with Crippen LogP contribution in [0.5, 0.6) is 11.5 Å². The van der Waals surface area contributed by atoms with Crippen LogP contribution in [0.1, 0.15) is 24.0 Å². The van der Waals surface area contributed by atoms with Gasteiger partial charge in [-0.25, -0.2) is 4.98 Å². The van der Waals surface area contributed by atoms with Crippen molar-refractivity contribution >= 4 is 10.9 Å². The van der Waals surface area contributed by atoms with Crippen molar-refractivity contribution in [2.75, 3.05) is 34.4 Å². The Morgan fingerprint density at radius 2 is 1.83 bits per heavy atom. The number of methoxy groups -OCH3 is 3. The molecule has 1 atom stereocenters. The van der Waals surface area contributed by atoms with Gasteiger partial charge in [-0.05, 0) is 67.8 Å². The van der Waals surface area contributed by atoms with Crippen LogP contribution in [0, 0.1) is 6.92 Å². The zero-order valence-electron chi connectivity index (χ0n) is 18.3. The van der Waals surface area contributed by atoms with Crippen LogP contribution in [-0.4, -0.2) is 50.4 Å². The van der Waals surface area contributed by atoms with Gasteiger partial charge in [-0.3, -0.25) is 4.90 Å². The second-order valence-electron chi connectivity index (χ2n) is 8.00. The third kappa shape index (κ3) is 4.27. The summed E-state index contributed by atoms with van der Waals surface area (Å²) in [5.41, 5.74) is 5.47. The van der Waals surface area contributed by atoms with Gasteiger partial charge in [0, 0.05) is 31.1 Å². The maximum atomic E-state index is 5.63. The summed E-state index contributed by atoms with van der Waals surface area (Å²) < 4.78 is 16.6. The van der Waals surface area contributed by atoms with Gasteiger partial charge in [-0.15, -0.1) is 0 Å². The van der Waals surface area contributed by atoms with Crippen LogP contribution in [0.2, 0.25) is 0 Å². The highest BCUT2D eigenvalue weighted by Crippen LogP contribution is 2.34. The van der Waals surface area contributed by atoms with Crippen LogP contribution in [0.25, 0.3) is 22.2 Å². The quantitative estimate of drug-likeness (QED) is 0.586. The van der Waals surface area contributed by atoms with E-state index in [2.05, 4.69) is 42.2 Å². The fraction of sp³-hybridized carbons (Fsp3) is 0.400. The molecular formula is C25H30N2O3. The largest absolute Gasteiger partial charge is 0.493 e. The Morgan fingerprint density at radius 3 is 2.60 bits per heavy atom. The molecule has 5 nitrogen and oxygen atoms in total. The van der Waals surface area contributed by atoms with Crippen LogP contribution >= 0.6 is 0 Å². The molecule has 0 N–H and O–H groups in total. The number of aryl methyl sites for hydroxylation is 1. The van der Waals surface area contributed by atoms with E-state index in [4.69, 9.17) is 19.2 Å². The molecule has 0 aliphatic carbocycles. The summed E-state index contributed by atoms with van der Waals surface area (Å²) in [5.74, 6) is 1.43. The zero-order chi connectivity index (χ0) is 21.1. The van der Waals surface area contributed by atoms with Gasteiger partial charge in [0.15, 0.2) is 11.5 Å². The number of benzene rings is 2. The van der Waals surface area contributed by atoms with Gasteiger partial charge in [-0.1, -0.05) is 12.1 Å². The van der Waals surface area contributed by atoms with E-state index in [9.17, 15) is 0 Å². The fourth-order valence-electron chi connectivity index (χ4n) is 4.26. The molecule has 5 heteroatoms. The Labute approximate surface area is 178 Å². The van der Waals surface area contributed by atoms with E-state index >= 15 is 0 Å². The molecule has 1 aliphatic heterocycles. The van der Waals surface area contributed by atoms with E-state index in [1.807, 2.05) is 19.2 Å². The van der Waals surface area contributed by atoms with Gasteiger partial charge >= 0.3 is 0 Å². The molecule has 1 aromatic heterocycles. The molecule has 0 amide bonds. The van der Waals surface area contributed by atoms with Gasteiger partial charge in [0.25, 0.3) is 0 Å². The number of pyridine rings is 1. The molecule has 2 heterocycles. The molecule has 1 fully saturated rings. The second kappa shape index (κ2) is 9.02. The van der Waals surface area contributed by atoms with Crippen molar-refractivity contribution in [1.82, 2.24) is 9.88 Å². The zero-order valence-corrected chi connectivity index (χ0v) is 18.3. The molecular weight excluding hydrogens is 376 g/mol. The molecule has 1 saturated heterocycles. The summed E-state index contributed by atoms with van der Waals surface area (Å²) in [4.78, 5) is 7.56. The van der Waals surface area contributed by atoms with Crippen molar-refractivity contribution in [3.63, 3.8) is 0 Å². The van der Waals surface area contributed by atoms with Crippen LogP contribution in [0.4, 0.5) is 0 Å². The predicted octanol–water partition coefficient (Wildman–Crippen LogP) is 4.84. The Morgan fingerprint density at radius 1 is 1.00 bits per heavy atom. The highest BCUT2D eigenvalue weighted by molar-refractivity contribution is 5.84. The summed E-state index contributed by atoms with van der Waals surface area (Å²) in [6.45, 7) is 4.98. The number of hydrogen-bond acceptors (Lipinski definition) is 5. The topological polar surface area (TPSA) is 43.8 Å². The first kappa shape index (κ1) is 20.6. The van der Waals surface area contributed by atoms with Gasteiger partial charge in [-0.2, -0.15) is 0 Å². The summed E-state index contributed by atoms with van der Waals surface area (Å²) >= 11 is 0. The smallest absolute Gasteiger partial charge is 0.161 e. The minimum Gasteiger partial charge on any atom is -0.493 e. The Kier molecular flexibility index (Phi) is 6.21. The average molecular weight is 407 g/mol. The van der Waals surface area contributed by atoms with E-state index in [0.717, 1.165) is 55.0 Å². The third-order valence-electron chi connectivity index (χ3n) is 5.90. The first-order chi connectivity index (χ1) is 14.6. The lowest BCUT2D eigenvalue weighted by Gasteiger charge is -2.32. The second-order valence-corrected chi connectivity index (χ2v) is 8.00. The van der Waals surface area contributed by atoms with E-state index in [-0.39, 0.29) is 0 Å². The first-order valence-electron chi connectivity index (χ1n) is 10.5. The lowest BCUT2D eigenvalue weighted by atomic mass is 10.00. The Bertz CT molecular complexity index is 1030. The summed E-state index contributed by atoms with van der Waals surface area (Å²) in [6.07, 6.45) is 2.59. The summed E-state index contributed by atoms with van der Waals surface area (Å²) in [6, 6.07) is 14.8. The summed E-state index contributed by atoms with van der Waals surface area (Å²) in [7, 11) is 5.13. The average Bonchev–Trinajstić information content (AvgIpc) is 2.78. The highest BCUT2D eigenvalue weighted by atomic mass is 16.5. The number of fused-ring (bicyclic) bond motifs is 1. The van der Waals surface area contributed by atoms with Gasteiger partial charge < -0.3 is 14.2 Å². The van der Waals surface area contributed by atoms with E-state index in [0.29, 0.717) is 11.9 Å². The van der Waals surface area contributed by atoms with Crippen molar-refractivity contribution in [3.05, 3.63) is 53.6 Å². The van der Waals surface area contributed by atoms with Crippen molar-refractivity contribution in [3.8, 4) is 22.8 Å². The highest BCUT2D eigenvalue weighted by Gasteiger charge is 2.21. The number of nitrogens with zero attached hydrogens (tertiary/aromatic N) is 2. The number of hydrogen-bond donors (Lipinski definition) is 0. The number of likely N-dealkylation sites (tertiary alicyclic amines) is 1. The molecule has 2 aromatic carbocycles. The number of piperidine rings is 1. The van der Waals surface area contributed by atoms with Gasteiger partial charge in [0.2, 0.25) is 0 Å². The van der Waals surface area contributed by atoms with Crippen molar-refractivity contribution in [2.24, 2.45) is 0 Å². The molecule has 158 valence electrons. The molecule has 0 bridgehead atoms. The number of ether oxygens (including phenoxy) is 3. The summed E-state index contributed by atoms with van der Waals surface area (Å²) in [5, 5.41) is 1.17. The number of rotatable bonds is 6. The molecule has 0 saturated carbocycles. The van der Waals surface area contributed by atoms with Crippen LogP contribution < -0.4 is 9.47 Å². The van der Waals surface area contributed by atoms with E-state index in [1.54, 1.807) is 14.2 Å². The normalized spacial score (nSPS) is 17.3. The molecule has 1 aliphatic rings. The first-order valence-corrected chi connectivity index (χ1v) is 10.5. The maximum Gasteiger partial charge on any atom is 0.161 e. The lowest BCUT2D eigenvalue weighted by molar-refractivity contribution is 0.0286. The van der Waals surface area contributed by atoms with Crippen LogP contribution in [0.15, 0.2) is 42.5 Å². The molecule has 30 heavy (non-hydrogen) atoms. The monoisotopic (exact) mass is 406 g/mol. The lowest BCUT2D eigenvalue weighted by Crippen LogP contribution is -2.38. The van der Waals surface area contributed by atoms with Gasteiger partial charge in [0.1, 0.15) is 0 Å². The maximum absolute atomic E-state index is 5.63.